The molecule has 0 spiro atoms. The second-order valence-electron chi connectivity index (χ2n) is 12.6. The molecule has 5 nitrogen and oxygen atoms in total. The molecule has 200 valence electrons. The molecule has 2 heterocycles. The fourth-order valence-electron chi connectivity index (χ4n) is 8.19. The Balaban J connectivity index is 1.51. The largest absolute Gasteiger partial charge is 0.461 e. The summed E-state index contributed by atoms with van der Waals surface area (Å²) >= 11 is 0. The summed E-state index contributed by atoms with van der Waals surface area (Å²) in [7, 11) is 0. The van der Waals surface area contributed by atoms with Gasteiger partial charge in [-0.1, -0.05) is 41.5 Å². The van der Waals surface area contributed by atoms with Gasteiger partial charge in [0.25, 0.3) is 0 Å². The van der Waals surface area contributed by atoms with E-state index in [-0.39, 0.29) is 60.0 Å². The first kappa shape index (κ1) is 26.2. The zero-order valence-electron chi connectivity index (χ0n) is 22.7. The molecule has 5 heteroatoms. The minimum Gasteiger partial charge on any atom is -0.461 e. The van der Waals surface area contributed by atoms with Crippen molar-refractivity contribution < 1.29 is 23.9 Å². The number of esters is 2. The second kappa shape index (κ2) is 10.0. The van der Waals surface area contributed by atoms with Crippen molar-refractivity contribution in [1.82, 2.24) is 0 Å². The molecule has 2 aliphatic heterocycles. The SMILES string of the molecule is C=C1CCC2C(OC(=O)C2(CC(C)=O)CC2C(=O)OC3C=C(C)CCC=C(C)CCC32)C2C(=C)CCC12. The predicted molar refractivity (Wildman–Crippen MR) is 142 cm³/mol. The van der Waals surface area contributed by atoms with Crippen LogP contribution in [0.2, 0.25) is 0 Å². The number of ether oxygens (including phenoxy) is 2. The Kier molecular flexibility index (Phi) is 7.10. The van der Waals surface area contributed by atoms with E-state index in [1.165, 1.54) is 16.7 Å². The Labute approximate surface area is 221 Å². The van der Waals surface area contributed by atoms with Crippen LogP contribution in [0, 0.1) is 35.0 Å². The van der Waals surface area contributed by atoms with E-state index in [2.05, 4.69) is 39.2 Å². The smallest absolute Gasteiger partial charge is 0.313 e. The van der Waals surface area contributed by atoms with Crippen molar-refractivity contribution in [3.8, 4) is 0 Å². The molecule has 0 aromatic rings. The molecule has 0 N–H and O–H groups in total. The monoisotopic (exact) mass is 506 g/mol. The molecule has 0 amide bonds. The first-order chi connectivity index (χ1) is 17.6. The van der Waals surface area contributed by atoms with E-state index in [9.17, 15) is 14.4 Å². The van der Waals surface area contributed by atoms with Crippen LogP contribution in [-0.4, -0.2) is 29.9 Å². The van der Waals surface area contributed by atoms with Gasteiger partial charge in [-0.2, -0.15) is 0 Å². The third-order valence-electron chi connectivity index (χ3n) is 10.1. The van der Waals surface area contributed by atoms with Gasteiger partial charge in [-0.05, 0) is 90.6 Å². The molecule has 2 saturated carbocycles. The number of Topliss-reactive ketones (excluding diaryl/α,β-unsaturated/α-hetero) is 1. The fraction of sp³-hybridized carbons (Fsp3) is 0.656. The molecular formula is C32H42O5. The van der Waals surface area contributed by atoms with Gasteiger partial charge >= 0.3 is 11.9 Å². The van der Waals surface area contributed by atoms with E-state index in [0.29, 0.717) is 6.42 Å². The summed E-state index contributed by atoms with van der Waals surface area (Å²) in [4.78, 5) is 40.0. The van der Waals surface area contributed by atoms with Gasteiger partial charge in [0.05, 0.1) is 11.3 Å². The topological polar surface area (TPSA) is 69.7 Å². The number of hydrogen-bond acceptors (Lipinski definition) is 5. The van der Waals surface area contributed by atoms with Crippen molar-refractivity contribution in [2.75, 3.05) is 0 Å². The Hall–Kier alpha value is -2.43. The predicted octanol–water partition coefficient (Wildman–Crippen LogP) is 6.44. The standard InChI is InChI=1S/C32H42O5/c1-18-7-6-8-19(2)15-27-24(12-9-18)25(30(34)36-27)17-32(16-22(5)33)26-14-11-20(3)23-13-10-21(4)28(23)29(26)37-31(32)35/h7,15,23-29H,3-4,6,8-14,16-17H2,1-2,5H3. The highest BCUT2D eigenvalue weighted by atomic mass is 16.6. The van der Waals surface area contributed by atoms with E-state index >= 15 is 0 Å². The molecule has 0 aromatic carbocycles. The van der Waals surface area contributed by atoms with Crippen molar-refractivity contribution in [2.24, 2.45) is 35.0 Å². The lowest BCUT2D eigenvalue weighted by Crippen LogP contribution is -2.41. The van der Waals surface area contributed by atoms with Gasteiger partial charge in [-0.25, -0.2) is 0 Å². The average molecular weight is 507 g/mol. The Morgan fingerprint density at radius 2 is 1.76 bits per heavy atom. The van der Waals surface area contributed by atoms with Gasteiger partial charge in [-0.15, -0.1) is 0 Å². The first-order valence-corrected chi connectivity index (χ1v) is 14.2. The number of fused-ring (bicyclic) bond motifs is 4. The quantitative estimate of drug-likeness (QED) is 0.324. The van der Waals surface area contributed by atoms with Crippen molar-refractivity contribution in [3.05, 3.63) is 47.6 Å². The van der Waals surface area contributed by atoms with Gasteiger partial charge < -0.3 is 9.47 Å². The van der Waals surface area contributed by atoms with Gasteiger partial charge in [0.15, 0.2) is 0 Å². The lowest BCUT2D eigenvalue weighted by atomic mass is 9.62. The number of ketones is 1. The van der Waals surface area contributed by atoms with Crippen molar-refractivity contribution in [1.29, 1.82) is 0 Å². The van der Waals surface area contributed by atoms with E-state index in [4.69, 9.17) is 9.47 Å². The fourth-order valence-corrected chi connectivity index (χ4v) is 8.19. The highest BCUT2D eigenvalue weighted by molar-refractivity contribution is 5.88. The van der Waals surface area contributed by atoms with E-state index in [0.717, 1.165) is 56.9 Å². The summed E-state index contributed by atoms with van der Waals surface area (Å²) in [5, 5.41) is 0. The van der Waals surface area contributed by atoms with Crippen LogP contribution in [0.5, 0.6) is 0 Å². The summed E-state index contributed by atoms with van der Waals surface area (Å²) in [6.45, 7) is 14.5. The molecule has 8 unspecified atom stereocenters. The maximum Gasteiger partial charge on any atom is 0.313 e. The summed E-state index contributed by atoms with van der Waals surface area (Å²) in [6, 6.07) is 0. The van der Waals surface area contributed by atoms with Gasteiger partial charge in [0.2, 0.25) is 0 Å². The average Bonchev–Trinajstić information content (AvgIpc) is 3.39. The Morgan fingerprint density at radius 3 is 2.51 bits per heavy atom. The zero-order chi connectivity index (χ0) is 26.5. The van der Waals surface area contributed by atoms with E-state index in [1.54, 1.807) is 6.92 Å². The van der Waals surface area contributed by atoms with Gasteiger partial charge in [0, 0.05) is 24.2 Å². The van der Waals surface area contributed by atoms with E-state index < -0.39 is 11.3 Å². The van der Waals surface area contributed by atoms with Crippen LogP contribution in [0.3, 0.4) is 0 Å². The number of allylic oxidation sites excluding steroid dienone is 4. The third-order valence-corrected chi connectivity index (χ3v) is 10.1. The minimum atomic E-state index is -1.01. The van der Waals surface area contributed by atoms with Crippen LogP contribution in [-0.2, 0) is 23.9 Å². The summed E-state index contributed by atoms with van der Waals surface area (Å²) in [6.07, 6.45) is 11.4. The first-order valence-electron chi connectivity index (χ1n) is 14.2. The van der Waals surface area contributed by atoms with Gasteiger partial charge in [-0.3, -0.25) is 14.4 Å². The minimum absolute atomic E-state index is 0.0190. The van der Waals surface area contributed by atoms with E-state index in [1.807, 2.05) is 0 Å². The molecule has 37 heavy (non-hydrogen) atoms. The second-order valence-corrected chi connectivity index (χ2v) is 12.6. The zero-order valence-corrected chi connectivity index (χ0v) is 22.7. The molecule has 0 radical (unpaired) electrons. The van der Waals surface area contributed by atoms with Crippen LogP contribution in [0.4, 0.5) is 0 Å². The third kappa shape index (κ3) is 4.68. The summed E-state index contributed by atoms with van der Waals surface area (Å²) < 4.78 is 12.2. The highest BCUT2D eigenvalue weighted by Gasteiger charge is 2.63. The lowest BCUT2D eigenvalue weighted by molar-refractivity contribution is -0.153. The molecule has 4 fully saturated rings. The highest BCUT2D eigenvalue weighted by Crippen LogP contribution is 2.59. The van der Waals surface area contributed by atoms with Crippen LogP contribution in [0.1, 0.15) is 85.0 Å². The number of rotatable bonds is 4. The molecule has 5 aliphatic rings. The maximum atomic E-state index is 13.9. The van der Waals surface area contributed by atoms with Gasteiger partial charge in [0.1, 0.15) is 18.0 Å². The molecule has 8 atom stereocenters. The molecular weight excluding hydrogens is 464 g/mol. The van der Waals surface area contributed by atoms with Crippen molar-refractivity contribution in [2.45, 2.75) is 97.2 Å². The Morgan fingerprint density at radius 1 is 1.00 bits per heavy atom. The van der Waals surface area contributed by atoms with Crippen LogP contribution in [0.15, 0.2) is 47.6 Å². The molecule has 5 rings (SSSR count). The summed E-state index contributed by atoms with van der Waals surface area (Å²) in [5.41, 5.74) is 3.89. The lowest BCUT2D eigenvalue weighted by Gasteiger charge is -2.35. The number of hydrogen-bond donors (Lipinski definition) is 0. The molecule has 0 aromatic heterocycles. The van der Waals surface area contributed by atoms with Crippen molar-refractivity contribution in [3.63, 3.8) is 0 Å². The maximum absolute atomic E-state index is 13.9. The number of carbonyl (C=O) groups is 3. The van der Waals surface area contributed by atoms with Crippen LogP contribution >= 0.6 is 0 Å². The van der Waals surface area contributed by atoms with Crippen molar-refractivity contribution >= 4 is 17.7 Å². The summed E-state index contributed by atoms with van der Waals surface area (Å²) in [5.74, 6) is -0.807. The molecule has 2 saturated heterocycles. The number of carbonyl (C=O) groups excluding carboxylic acids is 3. The Bertz CT molecular complexity index is 1080. The molecule has 0 bridgehead atoms. The van der Waals surface area contributed by atoms with Crippen LogP contribution < -0.4 is 0 Å². The normalized spacial score (nSPS) is 40.0. The van der Waals surface area contributed by atoms with Crippen LogP contribution in [0.25, 0.3) is 0 Å². The molecule has 3 aliphatic carbocycles.